The summed E-state index contributed by atoms with van der Waals surface area (Å²) < 4.78 is 49.4. The van der Waals surface area contributed by atoms with E-state index < -0.39 is 32.1 Å². The van der Waals surface area contributed by atoms with Gasteiger partial charge < -0.3 is 5.32 Å². The summed E-state index contributed by atoms with van der Waals surface area (Å²) in [6, 6.07) is 4.28. The van der Waals surface area contributed by atoms with E-state index in [9.17, 15) is 17.2 Å². The van der Waals surface area contributed by atoms with Crippen molar-refractivity contribution in [3.63, 3.8) is 0 Å². The quantitative estimate of drug-likeness (QED) is 0.852. The van der Waals surface area contributed by atoms with Crippen molar-refractivity contribution >= 4 is 15.5 Å². The van der Waals surface area contributed by atoms with Gasteiger partial charge in [-0.15, -0.1) is 0 Å². The van der Waals surface area contributed by atoms with Crippen LogP contribution in [0.5, 0.6) is 0 Å². The van der Waals surface area contributed by atoms with Crippen LogP contribution in [0.1, 0.15) is 0 Å². The average Bonchev–Trinajstić information content (AvgIpc) is 2.31. The van der Waals surface area contributed by atoms with E-state index in [4.69, 9.17) is 10.5 Å². The van der Waals surface area contributed by atoms with Crippen molar-refractivity contribution in [2.45, 2.75) is 4.90 Å². The number of nitriles is 2. The number of rotatable bonds is 3. The zero-order chi connectivity index (χ0) is 14.6. The zero-order valence-corrected chi connectivity index (χ0v) is 10.4. The summed E-state index contributed by atoms with van der Waals surface area (Å²) in [4.78, 5) is -0.502. The molecule has 1 N–H and O–H groups in total. The van der Waals surface area contributed by atoms with Crippen molar-refractivity contribution in [2.75, 3.05) is 11.6 Å². The van der Waals surface area contributed by atoms with E-state index in [1.165, 1.54) is 12.1 Å². The molecule has 0 aromatic heterocycles. The standard InChI is InChI=1S/C11H7F2N3O2S/c1-19(17,18)8-2-9(12)11(10(13)3-8)16-6-7(4-14)5-15/h2-3,6,16H,1H3. The van der Waals surface area contributed by atoms with E-state index in [-0.39, 0.29) is 5.57 Å². The number of nitrogens with one attached hydrogen (secondary N) is 1. The second kappa shape index (κ2) is 5.46. The van der Waals surface area contributed by atoms with Gasteiger partial charge in [0.25, 0.3) is 0 Å². The van der Waals surface area contributed by atoms with E-state index >= 15 is 0 Å². The summed E-state index contributed by atoms with van der Waals surface area (Å²) in [5, 5.41) is 19.0. The Kier molecular flexibility index (Phi) is 4.20. The Morgan fingerprint density at radius 1 is 1.26 bits per heavy atom. The summed E-state index contributed by atoms with van der Waals surface area (Å²) in [7, 11) is -3.73. The molecule has 0 saturated carbocycles. The van der Waals surface area contributed by atoms with Crippen LogP contribution < -0.4 is 5.32 Å². The Bertz CT molecular complexity index is 688. The van der Waals surface area contributed by atoms with Crippen LogP contribution in [0.4, 0.5) is 14.5 Å². The molecule has 0 radical (unpaired) electrons. The molecule has 19 heavy (non-hydrogen) atoms. The highest BCUT2D eigenvalue weighted by Crippen LogP contribution is 2.23. The molecule has 1 aromatic carbocycles. The molecule has 1 aromatic rings. The Morgan fingerprint density at radius 3 is 2.11 bits per heavy atom. The molecule has 0 aliphatic carbocycles. The van der Waals surface area contributed by atoms with Gasteiger partial charge in [-0.25, -0.2) is 17.2 Å². The first-order chi connectivity index (χ1) is 8.79. The van der Waals surface area contributed by atoms with Gasteiger partial charge in [-0.2, -0.15) is 10.5 Å². The molecule has 0 aliphatic heterocycles. The molecule has 0 amide bonds. The monoisotopic (exact) mass is 283 g/mol. The summed E-state index contributed by atoms with van der Waals surface area (Å²) in [5.41, 5.74) is -1.03. The first kappa shape index (κ1) is 14.6. The highest BCUT2D eigenvalue weighted by molar-refractivity contribution is 7.90. The minimum absolute atomic E-state index is 0.383. The topological polar surface area (TPSA) is 93.8 Å². The van der Waals surface area contributed by atoms with E-state index in [1.54, 1.807) is 0 Å². The van der Waals surface area contributed by atoms with Gasteiger partial charge in [0.05, 0.1) is 4.90 Å². The second-order valence-corrected chi connectivity index (χ2v) is 5.48. The van der Waals surface area contributed by atoms with Crippen molar-refractivity contribution in [2.24, 2.45) is 0 Å². The van der Waals surface area contributed by atoms with Crippen LogP contribution in [0.25, 0.3) is 0 Å². The fourth-order valence-electron chi connectivity index (χ4n) is 1.14. The number of benzene rings is 1. The lowest BCUT2D eigenvalue weighted by Crippen LogP contribution is -2.03. The highest BCUT2D eigenvalue weighted by atomic mass is 32.2. The number of anilines is 1. The first-order valence-electron chi connectivity index (χ1n) is 4.75. The third kappa shape index (κ3) is 3.50. The molecule has 0 aliphatic rings. The summed E-state index contributed by atoms with van der Waals surface area (Å²) >= 11 is 0. The number of halogens is 2. The predicted octanol–water partition coefficient (Wildman–Crippen LogP) is 1.71. The lowest BCUT2D eigenvalue weighted by atomic mass is 10.3. The smallest absolute Gasteiger partial charge is 0.175 e. The van der Waals surface area contributed by atoms with Crippen LogP contribution in [-0.4, -0.2) is 14.7 Å². The molecule has 8 heteroatoms. The van der Waals surface area contributed by atoms with Crippen molar-refractivity contribution < 1.29 is 17.2 Å². The van der Waals surface area contributed by atoms with E-state index in [2.05, 4.69) is 5.32 Å². The van der Waals surface area contributed by atoms with Crippen LogP contribution in [0, 0.1) is 34.3 Å². The third-order valence-corrected chi connectivity index (χ3v) is 3.14. The van der Waals surface area contributed by atoms with Gasteiger partial charge in [0.2, 0.25) is 0 Å². The molecule has 98 valence electrons. The lowest BCUT2D eigenvalue weighted by molar-refractivity contribution is 0.574. The van der Waals surface area contributed by atoms with E-state index in [0.717, 1.165) is 12.5 Å². The van der Waals surface area contributed by atoms with Gasteiger partial charge in [0, 0.05) is 12.5 Å². The van der Waals surface area contributed by atoms with Crippen molar-refractivity contribution in [3.05, 3.63) is 35.5 Å². The Labute approximate surface area is 108 Å². The van der Waals surface area contributed by atoms with Crippen LogP contribution in [0.15, 0.2) is 28.8 Å². The molecule has 0 atom stereocenters. The van der Waals surface area contributed by atoms with Crippen LogP contribution >= 0.6 is 0 Å². The number of nitrogens with zero attached hydrogens (tertiary/aromatic N) is 2. The van der Waals surface area contributed by atoms with Gasteiger partial charge in [-0.1, -0.05) is 0 Å². The third-order valence-electron chi connectivity index (χ3n) is 2.05. The van der Waals surface area contributed by atoms with Crippen molar-refractivity contribution in [1.82, 2.24) is 0 Å². The van der Waals surface area contributed by atoms with E-state index in [0.29, 0.717) is 12.1 Å². The summed E-state index contributed by atoms with van der Waals surface area (Å²) in [6.07, 6.45) is 1.64. The Morgan fingerprint density at radius 2 is 1.74 bits per heavy atom. The Balaban J connectivity index is 3.24. The molecule has 0 spiro atoms. The highest BCUT2D eigenvalue weighted by Gasteiger charge is 2.16. The molecule has 0 bridgehead atoms. The summed E-state index contributed by atoms with van der Waals surface area (Å²) in [6.45, 7) is 0. The minimum Gasteiger partial charge on any atom is -0.355 e. The molecule has 5 nitrogen and oxygen atoms in total. The van der Waals surface area contributed by atoms with Gasteiger partial charge in [0.15, 0.2) is 21.5 Å². The van der Waals surface area contributed by atoms with Crippen LogP contribution in [0.3, 0.4) is 0 Å². The molecule has 0 heterocycles. The zero-order valence-electron chi connectivity index (χ0n) is 9.61. The van der Waals surface area contributed by atoms with Gasteiger partial charge in [-0.3, -0.25) is 0 Å². The summed E-state index contributed by atoms with van der Waals surface area (Å²) in [5.74, 6) is -2.29. The fraction of sp³-hybridized carbons (Fsp3) is 0.0909. The minimum atomic E-state index is -3.73. The normalized spacial score (nSPS) is 10.2. The second-order valence-electron chi connectivity index (χ2n) is 3.46. The predicted molar refractivity (Wildman–Crippen MR) is 62.4 cm³/mol. The van der Waals surface area contributed by atoms with Crippen molar-refractivity contribution in [1.29, 1.82) is 10.5 Å². The SMILES string of the molecule is CS(=O)(=O)c1cc(F)c(NC=C(C#N)C#N)c(F)c1. The van der Waals surface area contributed by atoms with Gasteiger partial charge in [0.1, 0.15) is 23.4 Å². The number of hydrogen-bond donors (Lipinski definition) is 1. The number of allylic oxidation sites excluding steroid dienone is 1. The van der Waals surface area contributed by atoms with Gasteiger partial charge in [-0.05, 0) is 12.1 Å². The number of hydrogen-bond acceptors (Lipinski definition) is 5. The van der Waals surface area contributed by atoms with E-state index in [1.807, 2.05) is 0 Å². The van der Waals surface area contributed by atoms with Crippen molar-refractivity contribution in [3.8, 4) is 12.1 Å². The molecule has 0 saturated heterocycles. The maximum absolute atomic E-state index is 13.5. The Hall–Kier alpha value is -2.45. The molecule has 0 fully saturated rings. The molecular formula is C11H7F2N3O2S. The maximum atomic E-state index is 13.5. The van der Waals surface area contributed by atoms with Crippen LogP contribution in [0.2, 0.25) is 0 Å². The molecule has 1 rings (SSSR count). The average molecular weight is 283 g/mol. The lowest BCUT2D eigenvalue weighted by Gasteiger charge is -2.06. The molecular weight excluding hydrogens is 276 g/mol. The molecule has 0 unspecified atom stereocenters. The first-order valence-corrected chi connectivity index (χ1v) is 6.64. The largest absolute Gasteiger partial charge is 0.355 e. The van der Waals surface area contributed by atoms with Gasteiger partial charge >= 0.3 is 0 Å². The van der Waals surface area contributed by atoms with Crippen LogP contribution in [-0.2, 0) is 9.84 Å². The maximum Gasteiger partial charge on any atom is 0.175 e. The number of sulfone groups is 1. The fourth-order valence-corrected chi connectivity index (χ4v) is 1.77.